The number of methoxy groups -OCH3 is 2. The number of rotatable bonds is 2. The van der Waals surface area contributed by atoms with Gasteiger partial charge in [0, 0.05) is 35.6 Å². The van der Waals surface area contributed by atoms with Gasteiger partial charge in [-0.1, -0.05) is 18.2 Å². The van der Waals surface area contributed by atoms with E-state index in [9.17, 15) is 0 Å². The van der Waals surface area contributed by atoms with Gasteiger partial charge >= 0.3 is 0 Å². The maximum atomic E-state index is 6.49. The Bertz CT molecular complexity index is 744. The normalized spacial score (nSPS) is 47.7. The van der Waals surface area contributed by atoms with E-state index in [0.717, 1.165) is 24.3 Å². The van der Waals surface area contributed by atoms with E-state index in [4.69, 9.17) is 14.2 Å². The van der Waals surface area contributed by atoms with Gasteiger partial charge < -0.3 is 19.5 Å². The topological polar surface area (TPSA) is 49.6 Å². The van der Waals surface area contributed by atoms with Crippen LogP contribution in [0, 0.1) is 5.92 Å². The van der Waals surface area contributed by atoms with E-state index in [0.29, 0.717) is 17.5 Å². The predicted octanol–water partition coefficient (Wildman–Crippen LogP) is 1.57. The molecule has 0 amide bonds. The molecule has 2 aliphatic heterocycles. The van der Waals surface area contributed by atoms with E-state index >= 15 is 0 Å². The molecule has 3 aliphatic carbocycles. The zero-order valence-electron chi connectivity index (χ0n) is 12.8. The van der Waals surface area contributed by atoms with Crippen molar-refractivity contribution in [1.82, 2.24) is 5.32 Å². The molecule has 1 aromatic carbocycles. The molecule has 0 radical (unpaired) electrons. The van der Waals surface area contributed by atoms with Crippen molar-refractivity contribution in [3.63, 3.8) is 0 Å². The van der Waals surface area contributed by atoms with Gasteiger partial charge in [0.25, 0.3) is 0 Å². The Kier molecular flexibility index (Phi) is 1.83. The van der Waals surface area contributed by atoms with Crippen LogP contribution in [0.25, 0.3) is 0 Å². The molecule has 2 bridgehead atoms. The maximum Gasteiger partial charge on any atom is 0.165 e. The zero-order chi connectivity index (χ0) is 14.7. The summed E-state index contributed by atoms with van der Waals surface area (Å²) < 4.78 is 17.8. The lowest BCUT2D eigenvalue weighted by Gasteiger charge is -2.44. The monoisotopic (exact) mass is 297 g/mol. The maximum absolute atomic E-state index is 6.49. The van der Waals surface area contributed by atoms with Gasteiger partial charge in [0.15, 0.2) is 11.5 Å². The highest BCUT2D eigenvalue weighted by Crippen LogP contribution is 2.70. The summed E-state index contributed by atoms with van der Waals surface area (Å²) in [6.07, 6.45) is 6.95. The van der Waals surface area contributed by atoms with Gasteiger partial charge in [0.1, 0.15) is 12.2 Å². The van der Waals surface area contributed by atoms with Crippen LogP contribution in [-0.2, 0) is 16.6 Å². The van der Waals surface area contributed by atoms with Crippen molar-refractivity contribution in [2.75, 3.05) is 14.2 Å². The molecule has 1 saturated carbocycles. The Hall–Kier alpha value is -1.52. The van der Waals surface area contributed by atoms with Crippen molar-refractivity contribution in [3.05, 3.63) is 35.4 Å². The molecule has 6 atom stereocenters. The minimum Gasteiger partial charge on any atom is -0.493 e. The van der Waals surface area contributed by atoms with E-state index < -0.39 is 0 Å². The fraction of sp³-hybridized carbons (Fsp3) is 0.556. The largest absolute Gasteiger partial charge is 0.493 e. The van der Waals surface area contributed by atoms with Gasteiger partial charge in [-0.3, -0.25) is 0 Å². The van der Waals surface area contributed by atoms with Gasteiger partial charge in [-0.2, -0.15) is 0 Å². The first-order valence-electron chi connectivity index (χ1n) is 8.09. The fourth-order valence-electron chi connectivity index (χ4n) is 6.00. The Labute approximate surface area is 129 Å². The molecular formula is C18H19NO3. The molecule has 1 aromatic rings. The van der Waals surface area contributed by atoms with E-state index in [1.54, 1.807) is 14.2 Å². The summed E-state index contributed by atoms with van der Waals surface area (Å²) in [5.74, 6) is 2.34. The van der Waals surface area contributed by atoms with Crippen molar-refractivity contribution >= 4 is 0 Å². The summed E-state index contributed by atoms with van der Waals surface area (Å²) in [4.78, 5) is 0. The highest BCUT2D eigenvalue weighted by atomic mass is 16.6. The van der Waals surface area contributed by atoms with Crippen molar-refractivity contribution in [2.45, 2.75) is 42.0 Å². The summed E-state index contributed by atoms with van der Waals surface area (Å²) in [6.45, 7) is 0. The number of benzene rings is 1. The van der Waals surface area contributed by atoms with Crippen molar-refractivity contribution in [2.24, 2.45) is 5.92 Å². The fourth-order valence-corrected chi connectivity index (χ4v) is 6.00. The van der Waals surface area contributed by atoms with Crippen molar-refractivity contribution in [3.8, 4) is 11.5 Å². The number of fused-ring (bicyclic) bond motifs is 1. The van der Waals surface area contributed by atoms with Gasteiger partial charge in [-0.05, 0) is 24.5 Å². The second-order valence-corrected chi connectivity index (χ2v) is 7.45. The van der Waals surface area contributed by atoms with Gasteiger partial charge in [0.05, 0.1) is 7.11 Å². The molecule has 0 aromatic heterocycles. The molecule has 5 aliphatic rings. The standard InChI is InChI=1S/C18H19NO3/c1-20-11-5-3-9-7-17-8-18-10(15(17)19-17)4-6-12(21-2)16(18)22-14(11)13(9)18/h3-6,10,12,15-16,19H,7-8H2,1-2H3. The van der Waals surface area contributed by atoms with Crippen LogP contribution in [0.4, 0.5) is 0 Å². The van der Waals surface area contributed by atoms with E-state index in [1.807, 2.05) is 0 Å². The molecule has 2 heterocycles. The zero-order valence-corrected chi connectivity index (χ0v) is 12.8. The van der Waals surface area contributed by atoms with Crippen molar-refractivity contribution in [1.29, 1.82) is 0 Å². The SMILES string of the molecule is COc1ccc2c3c1OC1C(OC)C=CC4C5NC5(C2)CC341. The first kappa shape index (κ1) is 12.0. The number of nitrogens with one attached hydrogen (secondary N) is 1. The Morgan fingerprint density at radius 1 is 1.27 bits per heavy atom. The Balaban J connectivity index is 1.67. The molecule has 2 fully saturated rings. The number of piperidine rings is 1. The molecule has 4 nitrogen and oxygen atoms in total. The molecule has 22 heavy (non-hydrogen) atoms. The molecule has 1 N–H and O–H groups in total. The van der Waals surface area contributed by atoms with Crippen LogP contribution < -0.4 is 14.8 Å². The molecule has 6 unspecified atom stereocenters. The van der Waals surface area contributed by atoms with Crippen LogP contribution in [0.5, 0.6) is 11.5 Å². The summed E-state index contributed by atoms with van der Waals surface area (Å²) in [6, 6.07) is 4.90. The average Bonchev–Trinajstić information content (AvgIpc) is 2.98. The third-order valence-electron chi connectivity index (χ3n) is 6.75. The van der Waals surface area contributed by atoms with Gasteiger partial charge in [-0.25, -0.2) is 0 Å². The summed E-state index contributed by atoms with van der Waals surface area (Å²) in [5, 5.41) is 3.77. The third-order valence-corrected chi connectivity index (χ3v) is 6.75. The molecule has 2 spiro atoms. The van der Waals surface area contributed by atoms with Crippen LogP contribution in [0.2, 0.25) is 0 Å². The van der Waals surface area contributed by atoms with Crippen LogP contribution in [0.3, 0.4) is 0 Å². The Morgan fingerprint density at radius 2 is 2.18 bits per heavy atom. The average molecular weight is 297 g/mol. The minimum absolute atomic E-state index is 0.0221. The molecule has 6 rings (SSSR count). The molecule has 1 saturated heterocycles. The van der Waals surface area contributed by atoms with E-state index in [1.165, 1.54) is 11.1 Å². The van der Waals surface area contributed by atoms with Crippen LogP contribution >= 0.6 is 0 Å². The number of hydrogen-bond donors (Lipinski definition) is 1. The van der Waals surface area contributed by atoms with Crippen LogP contribution in [0.15, 0.2) is 24.3 Å². The first-order chi connectivity index (χ1) is 10.7. The molecular weight excluding hydrogens is 278 g/mol. The number of ether oxygens (including phenoxy) is 3. The van der Waals surface area contributed by atoms with Crippen molar-refractivity contribution < 1.29 is 14.2 Å². The molecule has 114 valence electrons. The summed E-state index contributed by atoms with van der Waals surface area (Å²) in [7, 11) is 3.51. The second kappa shape index (κ2) is 3.36. The third kappa shape index (κ3) is 1.02. The van der Waals surface area contributed by atoms with E-state index in [-0.39, 0.29) is 17.6 Å². The molecule has 4 heteroatoms. The second-order valence-electron chi connectivity index (χ2n) is 7.45. The van der Waals surface area contributed by atoms with Gasteiger partial charge in [0.2, 0.25) is 0 Å². The van der Waals surface area contributed by atoms with Crippen LogP contribution in [-0.4, -0.2) is 38.0 Å². The van der Waals surface area contributed by atoms with E-state index in [2.05, 4.69) is 29.6 Å². The first-order valence-corrected chi connectivity index (χ1v) is 8.09. The predicted molar refractivity (Wildman–Crippen MR) is 80.5 cm³/mol. The minimum atomic E-state index is 0.0221. The smallest absolute Gasteiger partial charge is 0.165 e. The summed E-state index contributed by atoms with van der Waals surface area (Å²) >= 11 is 0. The number of hydrogen-bond acceptors (Lipinski definition) is 4. The quantitative estimate of drug-likeness (QED) is 0.665. The highest BCUT2D eigenvalue weighted by Gasteiger charge is 2.78. The highest BCUT2D eigenvalue weighted by molar-refractivity contribution is 5.65. The summed E-state index contributed by atoms with van der Waals surface area (Å²) in [5.41, 5.74) is 3.21. The van der Waals surface area contributed by atoms with Crippen LogP contribution in [0.1, 0.15) is 17.5 Å². The van der Waals surface area contributed by atoms with Gasteiger partial charge in [-0.15, -0.1) is 0 Å². The lowest BCUT2D eigenvalue weighted by Crippen LogP contribution is -2.54. The lowest BCUT2D eigenvalue weighted by molar-refractivity contribution is -0.0162. The lowest BCUT2D eigenvalue weighted by atomic mass is 9.61. The Morgan fingerprint density at radius 3 is 3.00 bits per heavy atom.